The SMILES string of the molecule is CCC(CC)O[C@@H]1C=C(C(=O)O)C[C@H](NCc2ccc(N3CCc4cc(C)ccc43)cc2)[C@H]1NC(C)=O. The van der Waals surface area contributed by atoms with Gasteiger partial charge in [0.15, 0.2) is 0 Å². The zero-order valence-electron chi connectivity index (χ0n) is 22.3. The molecule has 7 heteroatoms. The smallest absolute Gasteiger partial charge is 0.331 e. The molecule has 0 unspecified atom stereocenters. The van der Waals surface area contributed by atoms with Crippen LogP contribution in [0.5, 0.6) is 0 Å². The van der Waals surface area contributed by atoms with Crippen molar-refractivity contribution in [3.05, 3.63) is 70.8 Å². The van der Waals surface area contributed by atoms with Crippen LogP contribution in [0, 0.1) is 6.92 Å². The van der Waals surface area contributed by atoms with Gasteiger partial charge in [0.05, 0.1) is 18.2 Å². The van der Waals surface area contributed by atoms with Gasteiger partial charge in [-0.05, 0) is 68.0 Å². The molecule has 1 aliphatic heterocycles. The molecule has 2 aliphatic rings. The molecule has 0 saturated heterocycles. The Balaban J connectivity index is 1.48. The van der Waals surface area contributed by atoms with Gasteiger partial charge < -0.3 is 25.4 Å². The van der Waals surface area contributed by atoms with Crippen LogP contribution in [0.15, 0.2) is 54.1 Å². The molecule has 2 aromatic rings. The highest BCUT2D eigenvalue weighted by molar-refractivity contribution is 5.87. The molecule has 0 fully saturated rings. The third-order valence-electron chi connectivity index (χ3n) is 7.44. The summed E-state index contributed by atoms with van der Waals surface area (Å²) < 4.78 is 6.27. The van der Waals surface area contributed by atoms with Gasteiger partial charge in [-0.25, -0.2) is 4.79 Å². The maximum Gasteiger partial charge on any atom is 0.331 e. The molecular weight excluding hydrogens is 466 g/mol. The molecule has 37 heavy (non-hydrogen) atoms. The van der Waals surface area contributed by atoms with E-state index in [4.69, 9.17) is 4.74 Å². The molecule has 0 aromatic heterocycles. The molecule has 1 aliphatic carbocycles. The Hall–Kier alpha value is -3.16. The summed E-state index contributed by atoms with van der Waals surface area (Å²) in [6.07, 6.45) is 4.16. The van der Waals surface area contributed by atoms with Crippen molar-refractivity contribution in [2.24, 2.45) is 0 Å². The first kappa shape index (κ1) is 26.9. The number of aryl methyl sites for hydroxylation is 1. The van der Waals surface area contributed by atoms with E-state index in [0.717, 1.165) is 37.1 Å². The van der Waals surface area contributed by atoms with Gasteiger partial charge in [0.1, 0.15) is 0 Å². The van der Waals surface area contributed by atoms with Crippen molar-refractivity contribution in [1.29, 1.82) is 0 Å². The highest BCUT2D eigenvalue weighted by Crippen LogP contribution is 2.35. The van der Waals surface area contributed by atoms with Crippen molar-refractivity contribution in [3.63, 3.8) is 0 Å². The summed E-state index contributed by atoms with van der Waals surface area (Å²) in [7, 11) is 0. The second-order valence-electron chi connectivity index (χ2n) is 10.2. The van der Waals surface area contributed by atoms with E-state index >= 15 is 0 Å². The van der Waals surface area contributed by atoms with Crippen molar-refractivity contribution >= 4 is 23.3 Å². The largest absolute Gasteiger partial charge is 0.478 e. The van der Waals surface area contributed by atoms with Gasteiger partial charge in [-0.15, -0.1) is 0 Å². The average molecular weight is 506 g/mol. The summed E-state index contributed by atoms with van der Waals surface area (Å²) in [5, 5.41) is 16.3. The molecule has 4 rings (SSSR count). The predicted octanol–water partition coefficient (Wildman–Crippen LogP) is 4.64. The molecule has 2 aromatic carbocycles. The second kappa shape index (κ2) is 11.9. The van der Waals surface area contributed by atoms with Gasteiger partial charge in [-0.1, -0.05) is 43.7 Å². The summed E-state index contributed by atoms with van der Waals surface area (Å²) in [4.78, 5) is 26.3. The summed E-state index contributed by atoms with van der Waals surface area (Å²) in [6.45, 7) is 9.24. The highest BCUT2D eigenvalue weighted by atomic mass is 16.5. The number of ether oxygens (including phenoxy) is 1. The Morgan fingerprint density at radius 3 is 2.51 bits per heavy atom. The molecule has 0 spiro atoms. The van der Waals surface area contributed by atoms with Crippen LogP contribution in [0.25, 0.3) is 0 Å². The fourth-order valence-electron chi connectivity index (χ4n) is 5.41. The van der Waals surface area contributed by atoms with Gasteiger partial charge in [0, 0.05) is 43.0 Å². The van der Waals surface area contributed by atoms with E-state index in [-0.39, 0.29) is 24.1 Å². The maximum absolute atomic E-state index is 12.1. The Morgan fingerprint density at radius 2 is 1.86 bits per heavy atom. The monoisotopic (exact) mass is 505 g/mol. The Labute approximate surface area is 219 Å². The maximum atomic E-state index is 12.1. The van der Waals surface area contributed by atoms with Crippen LogP contribution in [0.1, 0.15) is 56.7 Å². The van der Waals surface area contributed by atoms with Gasteiger partial charge in [-0.3, -0.25) is 4.79 Å². The number of carbonyl (C=O) groups excluding carboxylic acids is 1. The fourth-order valence-corrected chi connectivity index (χ4v) is 5.41. The minimum absolute atomic E-state index is 0.00141. The normalized spacial score (nSPS) is 21.1. The number of anilines is 2. The topological polar surface area (TPSA) is 90.9 Å². The van der Waals surface area contributed by atoms with Crippen molar-refractivity contribution in [3.8, 4) is 0 Å². The van der Waals surface area contributed by atoms with Crippen LogP contribution < -0.4 is 15.5 Å². The van der Waals surface area contributed by atoms with Gasteiger partial charge in [0.2, 0.25) is 5.91 Å². The number of hydrogen-bond donors (Lipinski definition) is 3. The average Bonchev–Trinajstić information content (AvgIpc) is 3.30. The van der Waals surface area contributed by atoms with Crippen LogP contribution in [-0.4, -0.2) is 47.8 Å². The van der Waals surface area contributed by atoms with Gasteiger partial charge in [-0.2, -0.15) is 0 Å². The summed E-state index contributed by atoms with van der Waals surface area (Å²) in [6, 6.07) is 14.5. The first-order chi connectivity index (χ1) is 17.8. The summed E-state index contributed by atoms with van der Waals surface area (Å²) >= 11 is 0. The molecule has 3 N–H and O–H groups in total. The molecular formula is C30H39N3O4. The molecule has 1 amide bonds. The van der Waals surface area contributed by atoms with Crippen molar-refractivity contribution in [1.82, 2.24) is 10.6 Å². The van der Waals surface area contributed by atoms with Gasteiger partial charge in [0.25, 0.3) is 0 Å². The summed E-state index contributed by atoms with van der Waals surface area (Å²) in [5.74, 6) is -1.11. The van der Waals surface area contributed by atoms with E-state index < -0.39 is 12.1 Å². The van der Waals surface area contributed by atoms with E-state index in [9.17, 15) is 14.7 Å². The van der Waals surface area contributed by atoms with Crippen molar-refractivity contribution < 1.29 is 19.4 Å². The Bertz CT molecular complexity index is 1140. The number of nitrogens with zero attached hydrogens (tertiary/aromatic N) is 1. The third-order valence-corrected chi connectivity index (χ3v) is 7.44. The van der Waals surface area contributed by atoms with Crippen LogP contribution in [0.3, 0.4) is 0 Å². The summed E-state index contributed by atoms with van der Waals surface area (Å²) in [5.41, 5.74) is 6.52. The number of fused-ring (bicyclic) bond motifs is 1. The van der Waals surface area contributed by atoms with E-state index in [1.165, 1.54) is 23.7 Å². The number of amides is 1. The van der Waals surface area contributed by atoms with E-state index in [0.29, 0.717) is 18.5 Å². The lowest BCUT2D eigenvalue weighted by Gasteiger charge is -2.38. The zero-order valence-corrected chi connectivity index (χ0v) is 22.3. The first-order valence-electron chi connectivity index (χ1n) is 13.3. The lowest BCUT2D eigenvalue weighted by Crippen LogP contribution is -2.58. The van der Waals surface area contributed by atoms with Crippen LogP contribution in [-0.2, 0) is 27.3 Å². The number of nitrogens with one attached hydrogen (secondary N) is 2. The van der Waals surface area contributed by atoms with Crippen LogP contribution in [0.2, 0.25) is 0 Å². The standard InChI is InChI=1S/C30H39N3O4/c1-5-25(6-2)37-28-17-23(30(35)36)16-26(29(28)32-20(4)34)31-18-21-8-10-24(11-9-21)33-14-13-22-15-19(3)7-12-27(22)33/h7-12,15,17,25-26,28-29,31H,5-6,13-14,16,18H2,1-4H3,(H,32,34)(H,35,36)/t26-,28+,29+/m0/s1. The molecule has 198 valence electrons. The zero-order chi connectivity index (χ0) is 26.5. The number of carboxylic acids is 1. The lowest BCUT2D eigenvalue weighted by atomic mass is 9.87. The molecule has 1 heterocycles. The van der Waals surface area contributed by atoms with Crippen LogP contribution in [0.4, 0.5) is 11.4 Å². The number of hydrogen-bond acceptors (Lipinski definition) is 5. The van der Waals surface area contributed by atoms with Crippen molar-refractivity contribution in [2.75, 3.05) is 11.4 Å². The fraction of sp³-hybridized carbons (Fsp3) is 0.467. The number of carbonyl (C=O) groups is 2. The molecule has 0 bridgehead atoms. The second-order valence-corrected chi connectivity index (χ2v) is 10.2. The molecule has 7 nitrogen and oxygen atoms in total. The first-order valence-corrected chi connectivity index (χ1v) is 13.3. The number of aliphatic carboxylic acids is 1. The van der Waals surface area contributed by atoms with E-state index in [1.54, 1.807) is 6.08 Å². The Morgan fingerprint density at radius 1 is 1.14 bits per heavy atom. The Kier molecular flexibility index (Phi) is 8.67. The minimum atomic E-state index is -0.948. The highest BCUT2D eigenvalue weighted by Gasteiger charge is 2.37. The number of rotatable bonds is 10. The number of carboxylic acid groups (broad SMARTS) is 1. The predicted molar refractivity (Wildman–Crippen MR) is 146 cm³/mol. The lowest BCUT2D eigenvalue weighted by molar-refractivity contribution is -0.133. The minimum Gasteiger partial charge on any atom is -0.478 e. The van der Waals surface area contributed by atoms with E-state index in [2.05, 4.69) is 64.9 Å². The van der Waals surface area contributed by atoms with Crippen molar-refractivity contribution in [2.45, 2.75) is 84.2 Å². The quantitative estimate of drug-likeness (QED) is 0.436. The molecule has 3 atom stereocenters. The molecule has 0 radical (unpaired) electrons. The van der Waals surface area contributed by atoms with Crippen LogP contribution >= 0.6 is 0 Å². The van der Waals surface area contributed by atoms with Gasteiger partial charge >= 0.3 is 5.97 Å². The molecule has 0 saturated carbocycles. The van der Waals surface area contributed by atoms with E-state index in [1.807, 2.05) is 13.8 Å². The third kappa shape index (κ3) is 6.40. The number of benzene rings is 2.